The molecule has 1 aliphatic carbocycles. The lowest BCUT2D eigenvalue weighted by Gasteiger charge is -2.07. The second kappa shape index (κ2) is 2.65. The van der Waals surface area contributed by atoms with Crippen LogP contribution >= 0.6 is 0 Å². The zero-order chi connectivity index (χ0) is 6.69. The molecule has 0 bridgehead atoms. The standard InChI is InChI=1S/C8H10O/c1-2-8(9)7-5-3-4-6-7/h2-9H,1H2. The summed E-state index contributed by atoms with van der Waals surface area (Å²) >= 11 is 0. The van der Waals surface area contributed by atoms with Crippen molar-refractivity contribution in [3.63, 3.8) is 0 Å². The molecule has 0 saturated heterocycles. The highest BCUT2D eigenvalue weighted by Crippen LogP contribution is 2.13. The zero-order valence-corrected chi connectivity index (χ0v) is 5.20. The lowest BCUT2D eigenvalue weighted by Crippen LogP contribution is -2.11. The Hall–Kier alpha value is -0.820. The van der Waals surface area contributed by atoms with Gasteiger partial charge in [-0.15, -0.1) is 6.58 Å². The monoisotopic (exact) mass is 122 g/mol. The summed E-state index contributed by atoms with van der Waals surface area (Å²) in [5, 5.41) is 9.14. The Morgan fingerprint density at radius 3 is 2.44 bits per heavy atom. The van der Waals surface area contributed by atoms with Crippen molar-refractivity contribution in [2.45, 2.75) is 6.10 Å². The molecule has 0 amide bonds. The van der Waals surface area contributed by atoms with Gasteiger partial charge >= 0.3 is 0 Å². The van der Waals surface area contributed by atoms with Crippen LogP contribution in [0.1, 0.15) is 0 Å². The summed E-state index contributed by atoms with van der Waals surface area (Å²) in [5.41, 5.74) is 0. The Morgan fingerprint density at radius 1 is 1.44 bits per heavy atom. The van der Waals surface area contributed by atoms with E-state index in [1.54, 1.807) is 6.08 Å². The van der Waals surface area contributed by atoms with Gasteiger partial charge in [0, 0.05) is 5.92 Å². The average Bonchev–Trinajstić information content (AvgIpc) is 2.37. The molecule has 0 aromatic carbocycles. The molecule has 1 nitrogen and oxygen atoms in total. The van der Waals surface area contributed by atoms with Crippen LogP contribution in [0.5, 0.6) is 0 Å². The maximum absolute atomic E-state index is 9.14. The van der Waals surface area contributed by atoms with Crippen LogP contribution in [-0.4, -0.2) is 11.2 Å². The summed E-state index contributed by atoms with van der Waals surface area (Å²) in [7, 11) is 0. The van der Waals surface area contributed by atoms with E-state index < -0.39 is 6.10 Å². The van der Waals surface area contributed by atoms with Crippen LogP contribution in [0.4, 0.5) is 0 Å². The molecule has 0 heterocycles. The molecule has 9 heavy (non-hydrogen) atoms. The smallest absolute Gasteiger partial charge is 0.0815 e. The van der Waals surface area contributed by atoms with E-state index in [2.05, 4.69) is 6.58 Å². The van der Waals surface area contributed by atoms with Crippen LogP contribution in [0.25, 0.3) is 0 Å². The minimum Gasteiger partial charge on any atom is -0.388 e. The van der Waals surface area contributed by atoms with E-state index in [1.807, 2.05) is 24.3 Å². The molecule has 1 unspecified atom stereocenters. The van der Waals surface area contributed by atoms with Gasteiger partial charge in [-0.2, -0.15) is 0 Å². The summed E-state index contributed by atoms with van der Waals surface area (Å²) in [6.45, 7) is 3.49. The zero-order valence-electron chi connectivity index (χ0n) is 5.20. The number of aliphatic hydroxyl groups excluding tert-OH is 1. The topological polar surface area (TPSA) is 20.2 Å². The first kappa shape index (κ1) is 6.30. The van der Waals surface area contributed by atoms with Crippen molar-refractivity contribution in [2.24, 2.45) is 5.92 Å². The molecular weight excluding hydrogens is 112 g/mol. The normalized spacial score (nSPS) is 20.6. The number of hydrogen-bond acceptors (Lipinski definition) is 1. The molecule has 1 heteroatoms. The maximum atomic E-state index is 9.14. The lowest BCUT2D eigenvalue weighted by molar-refractivity contribution is 0.198. The molecule has 1 N–H and O–H groups in total. The largest absolute Gasteiger partial charge is 0.388 e. The molecule has 0 fully saturated rings. The van der Waals surface area contributed by atoms with E-state index in [9.17, 15) is 0 Å². The Bertz CT molecular complexity index is 144. The molecule has 0 spiro atoms. The van der Waals surface area contributed by atoms with E-state index in [0.717, 1.165) is 0 Å². The number of allylic oxidation sites excluding steroid dienone is 2. The molecule has 0 aromatic rings. The van der Waals surface area contributed by atoms with Crippen molar-refractivity contribution in [1.29, 1.82) is 0 Å². The summed E-state index contributed by atoms with van der Waals surface area (Å²) in [6.07, 6.45) is 8.89. The Kier molecular flexibility index (Phi) is 1.85. The first-order valence-corrected chi connectivity index (χ1v) is 3.00. The van der Waals surface area contributed by atoms with E-state index in [-0.39, 0.29) is 5.92 Å². The van der Waals surface area contributed by atoms with Gasteiger partial charge in [-0.25, -0.2) is 0 Å². The first-order valence-electron chi connectivity index (χ1n) is 3.00. The molecule has 0 aliphatic heterocycles. The van der Waals surface area contributed by atoms with Gasteiger partial charge in [0.25, 0.3) is 0 Å². The van der Waals surface area contributed by atoms with E-state index in [4.69, 9.17) is 5.11 Å². The Labute approximate surface area is 55.0 Å². The van der Waals surface area contributed by atoms with E-state index >= 15 is 0 Å². The Balaban J connectivity index is 2.52. The molecule has 1 atom stereocenters. The molecule has 0 aromatic heterocycles. The van der Waals surface area contributed by atoms with Crippen molar-refractivity contribution in [3.05, 3.63) is 37.0 Å². The minimum absolute atomic E-state index is 0.155. The summed E-state index contributed by atoms with van der Waals surface area (Å²) in [5.74, 6) is 0.155. The van der Waals surface area contributed by atoms with Gasteiger partial charge in [-0.05, 0) is 0 Å². The molecule has 48 valence electrons. The quantitative estimate of drug-likeness (QED) is 0.547. The number of aliphatic hydroxyl groups is 1. The molecule has 0 saturated carbocycles. The molecule has 1 aliphatic rings. The van der Waals surface area contributed by atoms with Crippen LogP contribution in [0.15, 0.2) is 37.0 Å². The minimum atomic E-state index is -0.417. The van der Waals surface area contributed by atoms with Gasteiger partial charge < -0.3 is 5.11 Å². The highest BCUT2D eigenvalue weighted by Gasteiger charge is 2.10. The van der Waals surface area contributed by atoms with Gasteiger partial charge in [0.1, 0.15) is 0 Å². The lowest BCUT2D eigenvalue weighted by atomic mass is 10.1. The van der Waals surface area contributed by atoms with Crippen LogP contribution < -0.4 is 0 Å². The van der Waals surface area contributed by atoms with Crippen LogP contribution in [-0.2, 0) is 0 Å². The second-order valence-corrected chi connectivity index (χ2v) is 2.07. The summed E-state index contributed by atoms with van der Waals surface area (Å²) < 4.78 is 0. The van der Waals surface area contributed by atoms with Crippen molar-refractivity contribution < 1.29 is 5.11 Å². The van der Waals surface area contributed by atoms with Gasteiger partial charge in [0.15, 0.2) is 0 Å². The molecular formula is C8H10O. The number of hydrogen-bond donors (Lipinski definition) is 1. The van der Waals surface area contributed by atoms with Gasteiger partial charge in [0.05, 0.1) is 6.10 Å². The summed E-state index contributed by atoms with van der Waals surface area (Å²) in [6, 6.07) is 0. The number of rotatable bonds is 2. The molecule has 0 radical (unpaired) electrons. The predicted molar refractivity (Wildman–Crippen MR) is 38.0 cm³/mol. The SMILES string of the molecule is C=CC(O)C1C=CC=C1. The fourth-order valence-corrected chi connectivity index (χ4v) is 0.834. The first-order chi connectivity index (χ1) is 4.34. The third kappa shape index (κ3) is 1.30. The van der Waals surface area contributed by atoms with Gasteiger partial charge in [-0.1, -0.05) is 30.4 Å². The van der Waals surface area contributed by atoms with Crippen molar-refractivity contribution >= 4 is 0 Å². The van der Waals surface area contributed by atoms with Gasteiger partial charge in [-0.3, -0.25) is 0 Å². The van der Waals surface area contributed by atoms with Crippen LogP contribution in [0.2, 0.25) is 0 Å². The van der Waals surface area contributed by atoms with Gasteiger partial charge in [0.2, 0.25) is 0 Å². The third-order valence-electron chi connectivity index (χ3n) is 1.41. The third-order valence-corrected chi connectivity index (χ3v) is 1.41. The van der Waals surface area contributed by atoms with Crippen LogP contribution in [0, 0.1) is 5.92 Å². The fraction of sp³-hybridized carbons (Fsp3) is 0.250. The fourth-order valence-electron chi connectivity index (χ4n) is 0.834. The summed E-state index contributed by atoms with van der Waals surface area (Å²) in [4.78, 5) is 0. The van der Waals surface area contributed by atoms with Crippen molar-refractivity contribution in [2.75, 3.05) is 0 Å². The second-order valence-electron chi connectivity index (χ2n) is 2.07. The highest BCUT2D eigenvalue weighted by molar-refractivity contribution is 5.20. The highest BCUT2D eigenvalue weighted by atomic mass is 16.3. The van der Waals surface area contributed by atoms with E-state index in [0.29, 0.717) is 0 Å². The average molecular weight is 122 g/mol. The Morgan fingerprint density at radius 2 is 2.00 bits per heavy atom. The van der Waals surface area contributed by atoms with E-state index in [1.165, 1.54) is 0 Å². The van der Waals surface area contributed by atoms with Crippen molar-refractivity contribution in [1.82, 2.24) is 0 Å². The van der Waals surface area contributed by atoms with Crippen molar-refractivity contribution in [3.8, 4) is 0 Å². The van der Waals surface area contributed by atoms with Crippen LogP contribution in [0.3, 0.4) is 0 Å². The molecule has 1 rings (SSSR count). The predicted octanol–water partition coefficient (Wildman–Crippen LogP) is 1.28. The maximum Gasteiger partial charge on any atom is 0.0815 e.